The molecule has 2 heterocycles. The lowest BCUT2D eigenvalue weighted by Crippen LogP contribution is -2.53. The average molecular weight is 613 g/mol. The summed E-state index contributed by atoms with van der Waals surface area (Å²) in [7, 11) is -4.72. The van der Waals surface area contributed by atoms with Crippen LogP contribution in [-0.4, -0.2) is 68.7 Å². The summed E-state index contributed by atoms with van der Waals surface area (Å²) >= 11 is 0. The summed E-state index contributed by atoms with van der Waals surface area (Å²) in [6.45, 7) is 3.19. The number of rotatable bonds is 11. The summed E-state index contributed by atoms with van der Waals surface area (Å²) < 4.78 is 65.3. The molecule has 1 saturated heterocycles. The summed E-state index contributed by atoms with van der Waals surface area (Å²) in [5.74, 6) is -0.997. The summed E-state index contributed by atoms with van der Waals surface area (Å²) in [4.78, 5) is 28.2. The lowest BCUT2D eigenvalue weighted by Gasteiger charge is -2.32. The number of ether oxygens (including phenoxy) is 2. The molecule has 13 nitrogen and oxygen atoms in total. The van der Waals surface area contributed by atoms with Crippen molar-refractivity contribution in [1.29, 1.82) is 0 Å². The van der Waals surface area contributed by atoms with E-state index in [2.05, 4.69) is 10.1 Å². The van der Waals surface area contributed by atoms with E-state index in [0.29, 0.717) is 9.95 Å². The van der Waals surface area contributed by atoms with E-state index < -0.39 is 68.6 Å². The monoisotopic (exact) mass is 612 g/mol. The Hall–Kier alpha value is -3.46. The van der Waals surface area contributed by atoms with E-state index in [1.165, 1.54) is 19.1 Å². The van der Waals surface area contributed by atoms with Gasteiger partial charge in [-0.3, -0.25) is 13.9 Å². The van der Waals surface area contributed by atoms with Crippen LogP contribution in [0.15, 0.2) is 59.5 Å². The maximum absolute atomic E-state index is 14.6. The van der Waals surface area contributed by atoms with Crippen molar-refractivity contribution >= 4 is 30.3 Å². The SMILES string of the molecule is CC(C)OC(=O)[C@H](C)NP(=O)(OC[C@@]1(C(F)F)O[C@@H](n2ccc(N)nc2=O)[C@@H](O)[C@@H]1O)Oc1ccc2ccccc2c1. The number of alkyl halides is 2. The first-order chi connectivity index (χ1) is 19.7. The third-order valence-electron chi connectivity index (χ3n) is 6.42. The van der Waals surface area contributed by atoms with Gasteiger partial charge in [-0.25, -0.2) is 18.1 Å². The largest absolute Gasteiger partial charge is 0.462 e. The van der Waals surface area contributed by atoms with Gasteiger partial charge in [0, 0.05) is 6.20 Å². The highest BCUT2D eigenvalue weighted by atomic mass is 31.2. The highest BCUT2D eigenvalue weighted by molar-refractivity contribution is 7.52. The van der Waals surface area contributed by atoms with E-state index >= 15 is 0 Å². The van der Waals surface area contributed by atoms with Crippen molar-refractivity contribution in [2.45, 2.75) is 63.4 Å². The van der Waals surface area contributed by atoms with Gasteiger partial charge in [-0.1, -0.05) is 30.3 Å². The molecule has 16 heteroatoms. The van der Waals surface area contributed by atoms with Crippen LogP contribution in [0.1, 0.15) is 27.0 Å². The number of aromatic nitrogens is 2. The Labute approximate surface area is 238 Å². The Balaban J connectivity index is 1.65. The minimum absolute atomic E-state index is 0.00496. The Morgan fingerprint density at radius 2 is 1.88 bits per heavy atom. The normalized spacial score (nSPS) is 24.5. The molecule has 1 aromatic heterocycles. The zero-order chi connectivity index (χ0) is 30.8. The molecule has 4 rings (SSSR count). The molecule has 1 unspecified atom stereocenters. The second-order valence-electron chi connectivity index (χ2n) is 9.95. The van der Waals surface area contributed by atoms with Gasteiger partial charge in [-0.05, 0) is 49.7 Å². The van der Waals surface area contributed by atoms with Crippen molar-refractivity contribution in [2.24, 2.45) is 0 Å². The average Bonchev–Trinajstić information content (AvgIpc) is 3.17. The molecular weight excluding hydrogens is 581 g/mol. The summed E-state index contributed by atoms with van der Waals surface area (Å²) in [5.41, 5.74) is 1.44. The maximum Gasteiger partial charge on any atom is 0.459 e. The second kappa shape index (κ2) is 12.4. The van der Waals surface area contributed by atoms with E-state index in [1.54, 1.807) is 32.0 Å². The number of fused-ring (bicyclic) bond motifs is 1. The number of nitrogens with one attached hydrogen (secondary N) is 1. The van der Waals surface area contributed by atoms with Crippen LogP contribution in [-0.2, 0) is 23.4 Å². The van der Waals surface area contributed by atoms with Gasteiger partial charge in [0.05, 0.1) is 12.7 Å². The van der Waals surface area contributed by atoms with Crippen LogP contribution in [0.25, 0.3) is 10.8 Å². The zero-order valence-corrected chi connectivity index (χ0v) is 23.7. The van der Waals surface area contributed by atoms with Crippen molar-refractivity contribution < 1.29 is 46.9 Å². The molecule has 2 aromatic carbocycles. The van der Waals surface area contributed by atoms with E-state index in [9.17, 15) is 33.1 Å². The number of nitrogens with two attached hydrogens (primary N) is 1. The number of hydrogen-bond donors (Lipinski definition) is 4. The number of halogens is 2. The molecule has 3 aromatic rings. The van der Waals surface area contributed by atoms with E-state index in [1.807, 2.05) is 12.1 Å². The predicted molar refractivity (Wildman–Crippen MR) is 146 cm³/mol. The molecule has 0 spiro atoms. The Bertz CT molecular complexity index is 1540. The molecule has 1 aliphatic heterocycles. The first kappa shape index (κ1) is 31.5. The highest BCUT2D eigenvalue weighted by Crippen LogP contribution is 2.49. The Morgan fingerprint density at radius 3 is 2.52 bits per heavy atom. The standard InChI is InChI=1S/C26H31F2N4O9P/c1-14(2)39-23(35)15(3)31-42(37,41-18-9-8-16-6-4-5-7-17(16)12-18)38-13-26(24(27)28)21(34)20(33)22(40-26)32-11-10-19(29)30-25(32)36/h4-12,14-15,20-22,24,33-34H,13H2,1-3H3,(H,31,37)(H2,29,30,36)/t15-,20-,21-,22+,26+,42?/m0/s1. The van der Waals surface area contributed by atoms with Crippen molar-refractivity contribution in [3.63, 3.8) is 0 Å². The number of anilines is 1. The van der Waals surface area contributed by atoms with Gasteiger partial charge in [0.2, 0.25) is 0 Å². The molecule has 0 radical (unpaired) electrons. The van der Waals surface area contributed by atoms with Crippen LogP contribution < -0.4 is 21.0 Å². The molecule has 5 N–H and O–H groups in total. The number of nitrogen functional groups attached to an aromatic ring is 1. The molecule has 1 aliphatic rings. The van der Waals surface area contributed by atoms with Crippen LogP contribution in [0.3, 0.4) is 0 Å². The predicted octanol–water partition coefficient (Wildman–Crippen LogP) is 2.37. The molecule has 6 atom stereocenters. The highest BCUT2D eigenvalue weighted by Gasteiger charge is 2.61. The van der Waals surface area contributed by atoms with E-state index in [-0.39, 0.29) is 11.6 Å². The number of aliphatic hydroxyl groups is 2. The molecule has 228 valence electrons. The van der Waals surface area contributed by atoms with Crippen LogP contribution in [0.4, 0.5) is 14.6 Å². The lowest BCUT2D eigenvalue weighted by molar-refractivity contribution is -0.192. The minimum Gasteiger partial charge on any atom is -0.462 e. The number of carbonyl (C=O) groups is 1. The van der Waals surface area contributed by atoms with Gasteiger partial charge < -0.3 is 29.9 Å². The van der Waals surface area contributed by atoms with Crippen LogP contribution in [0.2, 0.25) is 0 Å². The molecular formula is C26H31F2N4O9P. The van der Waals surface area contributed by atoms with Gasteiger partial charge in [-0.15, -0.1) is 0 Å². The van der Waals surface area contributed by atoms with Gasteiger partial charge in [0.25, 0.3) is 6.43 Å². The Morgan fingerprint density at radius 1 is 1.19 bits per heavy atom. The quantitative estimate of drug-likeness (QED) is 0.183. The molecule has 1 fully saturated rings. The van der Waals surface area contributed by atoms with Gasteiger partial charge in [-0.2, -0.15) is 10.1 Å². The fourth-order valence-electron chi connectivity index (χ4n) is 4.28. The number of benzene rings is 2. The summed E-state index contributed by atoms with van der Waals surface area (Å²) in [6, 6.07) is 11.7. The number of carbonyl (C=O) groups excluding carboxylic acids is 1. The van der Waals surface area contributed by atoms with Crippen molar-refractivity contribution in [3.05, 3.63) is 65.2 Å². The third-order valence-corrected chi connectivity index (χ3v) is 8.04. The first-order valence-electron chi connectivity index (χ1n) is 12.8. The molecule has 0 saturated carbocycles. The van der Waals surface area contributed by atoms with Crippen LogP contribution in [0, 0.1) is 0 Å². The lowest BCUT2D eigenvalue weighted by atomic mass is 9.96. The first-order valence-corrected chi connectivity index (χ1v) is 14.4. The van der Waals surface area contributed by atoms with Crippen molar-refractivity contribution in [1.82, 2.24) is 14.6 Å². The van der Waals surface area contributed by atoms with Gasteiger partial charge in [0.15, 0.2) is 11.8 Å². The van der Waals surface area contributed by atoms with E-state index in [0.717, 1.165) is 17.6 Å². The topological polar surface area (TPSA) is 184 Å². The minimum atomic E-state index is -4.72. The Kier molecular flexibility index (Phi) is 9.30. The molecule has 42 heavy (non-hydrogen) atoms. The summed E-state index contributed by atoms with van der Waals surface area (Å²) in [6.07, 6.45) is -9.21. The number of hydrogen-bond acceptors (Lipinski definition) is 11. The van der Waals surface area contributed by atoms with Crippen LogP contribution in [0.5, 0.6) is 5.75 Å². The fraction of sp³-hybridized carbons (Fsp3) is 0.423. The number of esters is 1. The third kappa shape index (κ3) is 6.61. The second-order valence-corrected chi connectivity index (χ2v) is 11.6. The smallest absolute Gasteiger partial charge is 0.459 e. The molecule has 0 amide bonds. The van der Waals surface area contributed by atoms with Gasteiger partial charge >= 0.3 is 19.4 Å². The van der Waals surface area contributed by atoms with Crippen molar-refractivity contribution in [3.8, 4) is 5.75 Å². The molecule has 0 bridgehead atoms. The van der Waals surface area contributed by atoms with Crippen LogP contribution >= 0.6 is 7.75 Å². The zero-order valence-electron chi connectivity index (χ0n) is 22.8. The van der Waals surface area contributed by atoms with E-state index in [4.69, 9.17) is 24.3 Å². The summed E-state index contributed by atoms with van der Waals surface area (Å²) in [5, 5.41) is 25.2. The number of nitrogens with zero attached hydrogens (tertiary/aromatic N) is 2. The van der Waals surface area contributed by atoms with Gasteiger partial charge in [0.1, 0.15) is 29.8 Å². The van der Waals surface area contributed by atoms with Crippen molar-refractivity contribution in [2.75, 3.05) is 12.3 Å². The molecule has 0 aliphatic carbocycles. The maximum atomic E-state index is 14.6. The fourth-order valence-corrected chi connectivity index (χ4v) is 5.80. The number of aliphatic hydroxyl groups excluding tert-OH is 2.